The normalized spacial score (nSPS) is 11.1. The number of hydrogen-bond donors (Lipinski definition) is 0. The first-order chi connectivity index (χ1) is 10.8. The Morgan fingerprint density at radius 3 is 2.26 bits per heavy atom. The summed E-state index contributed by atoms with van der Waals surface area (Å²) in [5.41, 5.74) is -0.0390. The number of carbonyl (C=O) groups is 1. The quantitative estimate of drug-likeness (QED) is 0.524. The maximum Gasteiger partial charge on any atom is 0.342 e. The minimum atomic E-state index is -4.35. The zero-order valence-corrected chi connectivity index (χ0v) is 15.5. The van der Waals surface area contributed by atoms with E-state index in [0.29, 0.717) is 4.47 Å². The van der Waals surface area contributed by atoms with E-state index in [0.717, 1.165) is 0 Å². The van der Waals surface area contributed by atoms with Crippen LogP contribution in [-0.2, 0) is 14.9 Å². The van der Waals surface area contributed by atoms with Gasteiger partial charge in [0.15, 0.2) is 5.75 Å². The Kier molecular flexibility index (Phi) is 5.57. The van der Waals surface area contributed by atoms with Crippen molar-refractivity contribution in [2.24, 2.45) is 0 Å². The minimum Gasteiger partial charge on any atom is -0.465 e. The summed E-state index contributed by atoms with van der Waals surface area (Å²) in [5, 5.41) is -0.222. The Morgan fingerprint density at radius 2 is 1.70 bits per heavy atom. The van der Waals surface area contributed by atoms with Crippen LogP contribution in [0.3, 0.4) is 0 Å². The lowest BCUT2D eigenvalue weighted by molar-refractivity contribution is 0.0599. The van der Waals surface area contributed by atoms with Crippen LogP contribution in [-0.4, -0.2) is 21.5 Å². The third-order valence-corrected chi connectivity index (χ3v) is 5.32. The smallest absolute Gasteiger partial charge is 0.342 e. The fourth-order valence-electron chi connectivity index (χ4n) is 1.75. The third-order valence-electron chi connectivity index (χ3n) is 2.70. The van der Waals surface area contributed by atoms with Crippen molar-refractivity contribution in [1.82, 2.24) is 0 Å². The van der Waals surface area contributed by atoms with E-state index in [1.165, 1.54) is 37.4 Å². The van der Waals surface area contributed by atoms with Crippen LogP contribution in [0.25, 0.3) is 0 Å². The number of methoxy groups -OCH3 is 1. The highest BCUT2D eigenvalue weighted by molar-refractivity contribution is 9.10. The first-order valence-corrected chi connectivity index (χ1v) is 8.98. The van der Waals surface area contributed by atoms with Gasteiger partial charge < -0.3 is 8.92 Å². The van der Waals surface area contributed by atoms with E-state index in [4.69, 9.17) is 27.4 Å². The Balaban J connectivity index is 2.51. The molecule has 9 heteroatoms. The molecule has 0 atom stereocenters. The number of halogens is 3. The number of rotatable bonds is 4. The van der Waals surface area contributed by atoms with Crippen molar-refractivity contribution >= 4 is 55.2 Å². The second kappa shape index (κ2) is 7.09. The van der Waals surface area contributed by atoms with Gasteiger partial charge in [-0.05, 0) is 24.3 Å². The van der Waals surface area contributed by atoms with Gasteiger partial charge in [-0.2, -0.15) is 8.42 Å². The van der Waals surface area contributed by atoms with Crippen molar-refractivity contribution < 1.29 is 22.1 Å². The first-order valence-electron chi connectivity index (χ1n) is 6.02. The van der Waals surface area contributed by atoms with Crippen LogP contribution in [0.5, 0.6) is 5.75 Å². The molecule has 2 rings (SSSR count). The molecule has 0 saturated carbocycles. The average Bonchev–Trinajstić information content (AvgIpc) is 2.45. The number of benzene rings is 2. The van der Waals surface area contributed by atoms with Crippen LogP contribution < -0.4 is 4.18 Å². The monoisotopic (exact) mass is 438 g/mol. The maximum absolute atomic E-state index is 12.5. The van der Waals surface area contributed by atoms with Gasteiger partial charge in [0.25, 0.3) is 0 Å². The van der Waals surface area contributed by atoms with Gasteiger partial charge in [-0.15, -0.1) is 0 Å². The molecule has 0 aliphatic rings. The second-order valence-corrected chi connectivity index (χ2v) is 7.44. The summed E-state index contributed by atoms with van der Waals surface area (Å²) >= 11 is 15.1. The number of para-hydroxylation sites is 1. The molecule has 5 nitrogen and oxygen atoms in total. The molecule has 0 aliphatic carbocycles. The number of carbonyl (C=O) groups excluding carboxylic acids is 1. The molecular formula is C14H9BrCl2O5S. The van der Waals surface area contributed by atoms with Gasteiger partial charge in [-0.25, -0.2) is 4.79 Å². The van der Waals surface area contributed by atoms with Crippen molar-refractivity contribution in [3.63, 3.8) is 0 Å². The lowest BCUT2D eigenvalue weighted by atomic mass is 10.2. The molecule has 0 saturated heterocycles. The van der Waals surface area contributed by atoms with E-state index >= 15 is 0 Å². The van der Waals surface area contributed by atoms with Gasteiger partial charge in [-0.1, -0.05) is 51.3 Å². The van der Waals surface area contributed by atoms with Gasteiger partial charge in [0.2, 0.25) is 0 Å². The predicted molar refractivity (Wildman–Crippen MR) is 89.8 cm³/mol. The molecule has 2 aromatic rings. The van der Waals surface area contributed by atoms with Gasteiger partial charge in [-0.3, -0.25) is 0 Å². The highest BCUT2D eigenvalue weighted by Gasteiger charge is 2.26. The van der Waals surface area contributed by atoms with Crippen LogP contribution in [0.1, 0.15) is 10.4 Å². The second-order valence-electron chi connectivity index (χ2n) is 4.22. The average molecular weight is 440 g/mol. The molecule has 0 N–H and O–H groups in total. The molecule has 0 aromatic heterocycles. The number of esters is 1. The molecular weight excluding hydrogens is 431 g/mol. The fraction of sp³-hybridized carbons (Fsp3) is 0.0714. The summed E-state index contributed by atoms with van der Waals surface area (Å²) in [6.45, 7) is 0. The summed E-state index contributed by atoms with van der Waals surface area (Å²) in [4.78, 5) is 11.3. The Morgan fingerprint density at radius 1 is 1.13 bits per heavy atom. The topological polar surface area (TPSA) is 69.7 Å². The van der Waals surface area contributed by atoms with E-state index in [2.05, 4.69) is 20.7 Å². The van der Waals surface area contributed by atoms with Crippen LogP contribution >= 0.6 is 39.1 Å². The van der Waals surface area contributed by atoms with Crippen molar-refractivity contribution in [3.8, 4) is 5.75 Å². The van der Waals surface area contributed by atoms with Gasteiger partial charge in [0.05, 0.1) is 17.2 Å². The third kappa shape index (κ3) is 3.98. The number of hydrogen-bond acceptors (Lipinski definition) is 5. The summed E-state index contributed by atoms with van der Waals surface area (Å²) in [5.74, 6) is -0.918. The van der Waals surface area contributed by atoms with Gasteiger partial charge in [0, 0.05) is 4.47 Å². The molecule has 0 fully saturated rings. The molecule has 122 valence electrons. The predicted octanol–water partition coefficient (Wildman–Crippen LogP) is 4.31. The van der Waals surface area contributed by atoms with Crippen LogP contribution in [0.4, 0.5) is 0 Å². The molecule has 0 radical (unpaired) electrons. The SMILES string of the molecule is COC(=O)c1ccccc1OS(=O)(=O)c1c(Cl)cc(Br)cc1Cl. The van der Waals surface area contributed by atoms with E-state index in [1.807, 2.05) is 0 Å². The van der Waals surface area contributed by atoms with E-state index < -0.39 is 16.1 Å². The van der Waals surface area contributed by atoms with Gasteiger partial charge in [0.1, 0.15) is 10.5 Å². The highest BCUT2D eigenvalue weighted by atomic mass is 79.9. The Labute approximate surface area is 151 Å². The summed E-state index contributed by atoms with van der Waals surface area (Å²) in [7, 11) is -3.17. The fourth-order valence-corrected chi connectivity index (χ4v) is 4.58. The van der Waals surface area contributed by atoms with Crippen LogP contribution in [0.15, 0.2) is 45.8 Å². The lowest BCUT2D eigenvalue weighted by Crippen LogP contribution is -2.14. The van der Waals surface area contributed by atoms with E-state index in [-0.39, 0.29) is 26.3 Å². The molecule has 0 bridgehead atoms. The zero-order valence-electron chi connectivity index (χ0n) is 11.5. The van der Waals surface area contributed by atoms with Crippen molar-refractivity contribution in [2.45, 2.75) is 4.90 Å². The molecule has 0 unspecified atom stereocenters. The van der Waals surface area contributed by atoms with E-state index in [9.17, 15) is 13.2 Å². The molecule has 0 spiro atoms. The zero-order chi connectivity index (χ0) is 17.2. The van der Waals surface area contributed by atoms with Crippen molar-refractivity contribution in [3.05, 3.63) is 56.5 Å². The highest BCUT2D eigenvalue weighted by Crippen LogP contribution is 2.35. The Hall–Kier alpha value is -1.28. The first kappa shape index (κ1) is 18.1. The standard InChI is InChI=1S/C14H9BrCl2O5S/c1-21-14(18)9-4-2-3-5-12(9)22-23(19,20)13-10(16)6-8(15)7-11(13)17/h2-7H,1H3. The molecule has 2 aromatic carbocycles. The summed E-state index contributed by atoms with van der Waals surface area (Å²) in [6.07, 6.45) is 0. The minimum absolute atomic E-state index is 0.0390. The molecule has 0 heterocycles. The largest absolute Gasteiger partial charge is 0.465 e. The number of ether oxygens (including phenoxy) is 1. The van der Waals surface area contributed by atoms with Crippen LogP contribution in [0.2, 0.25) is 10.0 Å². The maximum atomic E-state index is 12.5. The summed E-state index contributed by atoms with van der Waals surface area (Å²) in [6, 6.07) is 8.51. The summed E-state index contributed by atoms with van der Waals surface area (Å²) < 4.78 is 35.1. The molecule has 0 aliphatic heterocycles. The van der Waals surface area contributed by atoms with Crippen LogP contribution in [0, 0.1) is 0 Å². The van der Waals surface area contributed by atoms with E-state index in [1.54, 1.807) is 6.07 Å². The Bertz CT molecular complexity index is 844. The van der Waals surface area contributed by atoms with Gasteiger partial charge >= 0.3 is 16.1 Å². The lowest BCUT2D eigenvalue weighted by Gasteiger charge is -2.12. The van der Waals surface area contributed by atoms with Crippen molar-refractivity contribution in [1.29, 1.82) is 0 Å². The molecule has 0 amide bonds. The molecule has 23 heavy (non-hydrogen) atoms. The van der Waals surface area contributed by atoms with Crippen molar-refractivity contribution in [2.75, 3.05) is 7.11 Å².